The van der Waals surface area contributed by atoms with Gasteiger partial charge in [-0.25, -0.2) is 0 Å². The highest BCUT2D eigenvalue weighted by atomic mass is 32.2. The Hall–Kier alpha value is -1.49. The summed E-state index contributed by atoms with van der Waals surface area (Å²) in [5.41, 5.74) is 1.95. The molecule has 1 unspecified atom stereocenters. The molecule has 2 aliphatic heterocycles. The molecule has 0 saturated carbocycles. The molecule has 1 saturated heterocycles. The quantitative estimate of drug-likeness (QED) is 0.826. The largest absolute Gasteiger partial charge is 0.381 e. The summed E-state index contributed by atoms with van der Waals surface area (Å²) in [7, 11) is 1.52. The van der Waals surface area contributed by atoms with Crippen LogP contribution in [0.2, 0.25) is 0 Å². The topological polar surface area (TPSA) is 49.4 Å². The lowest BCUT2D eigenvalue weighted by Crippen LogP contribution is -2.24. The summed E-state index contributed by atoms with van der Waals surface area (Å²) in [6.45, 7) is 0. The summed E-state index contributed by atoms with van der Waals surface area (Å²) in [4.78, 5) is 24.8. The average Bonchev–Trinajstić information content (AvgIpc) is 2.95. The second-order valence-corrected chi connectivity index (χ2v) is 5.78. The van der Waals surface area contributed by atoms with Crippen molar-refractivity contribution < 1.29 is 9.59 Å². The monoisotopic (exact) mass is 262 g/mol. The number of nitrogens with zero attached hydrogens (tertiary/aromatic N) is 1. The molecule has 1 aromatic rings. The number of fused-ring (bicyclic) bond motifs is 1. The SMILES string of the molecule is CN1C(=O)c2ccc(NC3CCSC3)cc2C1=O. The molecule has 0 aliphatic carbocycles. The zero-order valence-corrected chi connectivity index (χ0v) is 10.9. The summed E-state index contributed by atoms with van der Waals surface area (Å²) in [5.74, 6) is 1.87. The molecule has 0 radical (unpaired) electrons. The smallest absolute Gasteiger partial charge is 0.261 e. The Labute approximate surface area is 110 Å². The second-order valence-electron chi connectivity index (χ2n) is 4.63. The molecule has 0 spiro atoms. The fourth-order valence-electron chi connectivity index (χ4n) is 2.34. The summed E-state index contributed by atoms with van der Waals surface area (Å²) in [6.07, 6.45) is 1.15. The molecule has 18 heavy (non-hydrogen) atoms. The van der Waals surface area contributed by atoms with Gasteiger partial charge in [0.1, 0.15) is 0 Å². The van der Waals surface area contributed by atoms with Crippen LogP contribution in [0, 0.1) is 0 Å². The summed E-state index contributed by atoms with van der Waals surface area (Å²) >= 11 is 1.94. The molecular formula is C13H14N2O2S. The maximum absolute atomic E-state index is 11.9. The normalized spacial score (nSPS) is 22.5. The van der Waals surface area contributed by atoms with Crippen molar-refractivity contribution in [2.45, 2.75) is 12.5 Å². The third-order valence-electron chi connectivity index (χ3n) is 3.39. The van der Waals surface area contributed by atoms with Crippen LogP contribution in [0.5, 0.6) is 0 Å². The predicted octanol–water partition coefficient (Wildman–Crippen LogP) is 1.83. The van der Waals surface area contributed by atoms with Crippen molar-refractivity contribution in [2.24, 2.45) is 0 Å². The van der Waals surface area contributed by atoms with Gasteiger partial charge in [-0.15, -0.1) is 0 Å². The lowest BCUT2D eigenvalue weighted by Gasteiger charge is -2.13. The first-order valence-electron chi connectivity index (χ1n) is 5.97. The molecule has 2 heterocycles. The van der Waals surface area contributed by atoms with E-state index in [-0.39, 0.29) is 11.8 Å². The third-order valence-corrected chi connectivity index (χ3v) is 4.55. The first kappa shape index (κ1) is 11.6. The molecule has 2 amide bonds. The van der Waals surface area contributed by atoms with Crippen LogP contribution in [0.15, 0.2) is 18.2 Å². The lowest BCUT2D eigenvalue weighted by molar-refractivity contribution is 0.0693. The van der Waals surface area contributed by atoms with Crippen LogP contribution in [-0.4, -0.2) is 41.3 Å². The Morgan fingerprint density at radius 2 is 2.06 bits per heavy atom. The molecular weight excluding hydrogens is 248 g/mol. The molecule has 1 fully saturated rings. The fraction of sp³-hybridized carbons (Fsp3) is 0.385. The van der Waals surface area contributed by atoms with E-state index in [4.69, 9.17) is 0 Å². The number of carbonyl (C=O) groups is 2. The van der Waals surface area contributed by atoms with E-state index < -0.39 is 0 Å². The molecule has 94 valence electrons. The van der Waals surface area contributed by atoms with Crippen LogP contribution in [-0.2, 0) is 0 Å². The van der Waals surface area contributed by atoms with Gasteiger partial charge in [0.15, 0.2) is 0 Å². The number of imide groups is 1. The van der Waals surface area contributed by atoms with E-state index >= 15 is 0 Å². The zero-order valence-electron chi connectivity index (χ0n) is 10.1. The summed E-state index contributed by atoms with van der Waals surface area (Å²) < 4.78 is 0. The molecule has 1 N–H and O–H groups in total. The minimum absolute atomic E-state index is 0.209. The Balaban J connectivity index is 1.87. The van der Waals surface area contributed by atoms with Gasteiger partial charge in [-0.2, -0.15) is 11.8 Å². The highest BCUT2D eigenvalue weighted by Crippen LogP contribution is 2.27. The van der Waals surface area contributed by atoms with Crippen molar-refractivity contribution >= 4 is 29.3 Å². The van der Waals surface area contributed by atoms with Crippen molar-refractivity contribution in [3.05, 3.63) is 29.3 Å². The van der Waals surface area contributed by atoms with Crippen molar-refractivity contribution in [1.82, 2.24) is 4.90 Å². The number of anilines is 1. The van der Waals surface area contributed by atoms with Gasteiger partial charge in [0.2, 0.25) is 0 Å². The Bertz CT molecular complexity index is 524. The molecule has 0 bridgehead atoms. The summed E-state index contributed by atoms with van der Waals surface area (Å²) in [6, 6.07) is 5.88. The molecule has 1 atom stereocenters. The Kier molecular flexibility index (Phi) is 2.78. The fourth-order valence-corrected chi connectivity index (χ4v) is 3.49. The van der Waals surface area contributed by atoms with Crippen LogP contribution in [0.25, 0.3) is 0 Å². The number of nitrogens with one attached hydrogen (secondary N) is 1. The van der Waals surface area contributed by atoms with Crippen LogP contribution in [0.3, 0.4) is 0 Å². The van der Waals surface area contributed by atoms with Gasteiger partial charge in [-0.05, 0) is 30.4 Å². The standard InChI is InChI=1S/C13H14N2O2S/c1-15-12(16)10-3-2-8(6-11(10)13(15)17)14-9-4-5-18-7-9/h2-3,6,9,14H,4-5,7H2,1H3. The maximum atomic E-state index is 11.9. The predicted molar refractivity (Wildman–Crippen MR) is 72.2 cm³/mol. The number of amides is 2. The highest BCUT2D eigenvalue weighted by Gasteiger charge is 2.32. The average molecular weight is 262 g/mol. The first-order valence-corrected chi connectivity index (χ1v) is 7.13. The highest BCUT2D eigenvalue weighted by molar-refractivity contribution is 7.99. The number of hydrogen-bond acceptors (Lipinski definition) is 4. The molecule has 2 aliphatic rings. The molecule has 0 aromatic heterocycles. The first-order chi connectivity index (χ1) is 8.66. The Morgan fingerprint density at radius 1 is 1.28 bits per heavy atom. The Morgan fingerprint density at radius 3 is 2.78 bits per heavy atom. The van der Waals surface area contributed by atoms with Gasteiger partial charge < -0.3 is 5.32 Å². The number of thioether (sulfide) groups is 1. The van der Waals surface area contributed by atoms with E-state index in [2.05, 4.69) is 5.32 Å². The molecule has 3 rings (SSSR count). The van der Waals surface area contributed by atoms with Gasteiger partial charge in [0.05, 0.1) is 11.1 Å². The number of rotatable bonds is 2. The van der Waals surface area contributed by atoms with E-state index in [9.17, 15) is 9.59 Å². The molecule has 1 aromatic carbocycles. The van der Waals surface area contributed by atoms with Crippen molar-refractivity contribution in [3.63, 3.8) is 0 Å². The minimum Gasteiger partial charge on any atom is -0.381 e. The van der Waals surface area contributed by atoms with E-state index in [1.807, 2.05) is 17.8 Å². The third kappa shape index (κ3) is 1.79. The maximum Gasteiger partial charge on any atom is 0.261 e. The summed E-state index contributed by atoms with van der Waals surface area (Å²) in [5, 5.41) is 3.42. The van der Waals surface area contributed by atoms with Crippen LogP contribution in [0.4, 0.5) is 5.69 Å². The van der Waals surface area contributed by atoms with Gasteiger partial charge in [0.25, 0.3) is 11.8 Å². The second kappa shape index (κ2) is 4.31. The van der Waals surface area contributed by atoms with Crippen molar-refractivity contribution in [1.29, 1.82) is 0 Å². The number of benzene rings is 1. The number of hydrogen-bond donors (Lipinski definition) is 1. The van der Waals surface area contributed by atoms with Gasteiger partial charge in [0, 0.05) is 24.5 Å². The molecule has 5 heteroatoms. The van der Waals surface area contributed by atoms with E-state index in [0.29, 0.717) is 17.2 Å². The van der Waals surface area contributed by atoms with Crippen LogP contribution < -0.4 is 5.32 Å². The van der Waals surface area contributed by atoms with Gasteiger partial charge in [-0.1, -0.05) is 0 Å². The van der Waals surface area contributed by atoms with E-state index in [0.717, 1.165) is 17.9 Å². The van der Waals surface area contributed by atoms with Crippen LogP contribution in [0.1, 0.15) is 27.1 Å². The number of carbonyl (C=O) groups excluding carboxylic acids is 2. The molecule has 4 nitrogen and oxygen atoms in total. The van der Waals surface area contributed by atoms with E-state index in [1.54, 1.807) is 12.1 Å². The van der Waals surface area contributed by atoms with Gasteiger partial charge >= 0.3 is 0 Å². The van der Waals surface area contributed by atoms with Gasteiger partial charge in [-0.3, -0.25) is 14.5 Å². The lowest BCUT2D eigenvalue weighted by atomic mass is 10.1. The van der Waals surface area contributed by atoms with Crippen molar-refractivity contribution in [3.8, 4) is 0 Å². The zero-order chi connectivity index (χ0) is 12.7. The van der Waals surface area contributed by atoms with Crippen molar-refractivity contribution in [2.75, 3.05) is 23.9 Å². The van der Waals surface area contributed by atoms with E-state index in [1.165, 1.54) is 17.7 Å². The van der Waals surface area contributed by atoms with Crippen LogP contribution >= 0.6 is 11.8 Å². The minimum atomic E-state index is -0.210.